The van der Waals surface area contributed by atoms with Crippen molar-refractivity contribution in [3.63, 3.8) is 0 Å². The Morgan fingerprint density at radius 3 is 2.75 bits per heavy atom. The summed E-state index contributed by atoms with van der Waals surface area (Å²) >= 11 is 0. The zero-order valence-corrected chi connectivity index (χ0v) is 14.9. The highest BCUT2D eigenvalue weighted by Crippen LogP contribution is 2.08. The van der Waals surface area contributed by atoms with Crippen molar-refractivity contribution in [2.24, 2.45) is 4.99 Å². The second-order valence-electron chi connectivity index (χ2n) is 5.13. The third kappa shape index (κ3) is 4.94. The van der Waals surface area contributed by atoms with Crippen molar-refractivity contribution in [3.05, 3.63) is 35.4 Å². The quantitative estimate of drug-likeness (QED) is 0.785. The molecule has 20 heavy (non-hydrogen) atoms. The average Bonchev–Trinajstić information content (AvgIpc) is 2.82. The van der Waals surface area contributed by atoms with Crippen molar-refractivity contribution in [2.45, 2.75) is 20.0 Å². The van der Waals surface area contributed by atoms with Crippen molar-refractivity contribution < 1.29 is 0 Å². The minimum Gasteiger partial charge on any atom is -0.352 e. The molecule has 0 saturated heterocycles. The molecular weight excluding hydrogens is 363 g/mol. The van der Waals surface area contributed by atoms with Crippen LogP contribution in [0.3, 0.4) is 0 Å². The number of benzene rings is 1. The molecule has 0 bridgehead atoms. The van der Waals surface area contributed by atoms with Gasteiger partial charge in [0.05, 0.1) is 6.54 Å². The summed E-state index contributed by atoms with van der Waals surface area (Å²) in [4.78, 5) is 8.91. The fourth-order valence-corrected chi connectivity index (χ4v) is 2.17. The minimum absolute atomic E-state index is 0. The molecule has 2 rings (SSSR count). The largest absolute Gasteiger partial charge is 0.352 e. The van der Waals surface area contributed by atoms with Crippen molar-refractivity contribution in [1.29, 1.82) is 0 Å². The first kappa shape index (κ1) is 17.2. The van der Waals surface area contributed by atoms with Crippen LogP contribution < -0.4 is 5.32 Å². The van der Waals surface area contributed by atoms with E-state index in [0.717, 1.165) is 38.7 Å². The maximum Gasteiger partial charge on any atom is 0.194 e. The molecule has 0 spiro atoms. The van der Waals surface area contributed by atoms with Crippen molar-refractivity contribution >= 4 is 29.9 Å². The van der Waals surface area contributed by atoms with Crippen LogP contribution in [0.2, 0.25) is 0 Å². The van der Waals surface area contributed by atoms with E-state index in [9.17, 15) is 0 Å². The standard InChI is InChI=1S/C15H24N4.HI/c1-4-18(2)12-14-7-5-6-13(10-14)11-17-15-16-8-9-19(15)3;/h5-7,10H,4,8-9,11-12H2,1-3H3,(H,16,17);1H. The Morgan fingerprint density at radius 2 is 2.10 bits per heavy atom. The molecule has 0 unspecified atom stereocenters. The van der Waals surface area contributed by atoms with Crippen LogP contribution in [0, 0.1) is 0 Å². The number of guanidine groups is 1. The van der Waals surface area contributed by atoms with E-state index in [-0.39, 0.29) is 24.0 Å². The molecular formula is C15H25IN4. The summed E-state index contributed by atoms with van der Waals surface area (Å²) in [5.41, 5.74) is 2.68. The molecule has 112 valence electrons. The van der Waals surface area contributed by atoms with E-state index in [0.29, 0.717) is 0 Å². The monoisotopic (exact) mass is 388 g/mol. The van der Waals surface area contributed by atoms with Crippen LogP contribution in [0.5, 0.6) is 0 Å². The first-order valence-electron chi connectivity index (χ1n) is 6.95. The average molecular weight is 388 g/mol. The Morgan fingerprint density at radius 1 is 1.35 bits per heavy atom. The van der Waals surface area contributed by atoms with E-state index in [1.54, 1.807) is 0 Å². The molecule has 1 N–H and O–H groups in total. The summed E-state index contributed by atoms with van der Waals surface area (Å²) in [6.07, 6.45) is 0. The lowest BCUT2D eigenvalue weighted by molar-refractivity contribution is 0.345. The first-order valence-corrected chi connectivity index (χ1v) is 6.95. The van der Waals surface area contributed by atoms with E-state index in [1.165, 1.54) is 11.1 Å². The van der Waals surface area contributed by atoms with Crippen molar-refractivity contribution in [2.75, 3.05) is 33.7 Å². The highest BCUT2D eigenvalue weighted by molar-refractivity contribution is 14.0. The number of nitrogens with zero attached hydrogens (tertiary/aromatic N) is 3. The van der Waals surface area contributed by atoms with E-state index in [4.69, 9.17) is 0 Å². The smallest absolute Gasteiger partial charge is 0.194 e. The van der Waals surface area contributed by atoms with Gasteiger partial charge in [0.1, 0.15) is 0 Å². The van der Waals surface area contributed by atoms with Gasteiger partial charge >= 0.3 is 0 Å². The SMILES string of the molecule is CCN(C)Cc1cccc(CNC2=NCCN2C)c1.I. The zero-order chi connectivity index (χ0) is 13.7. The molecule has 1 aliphatic rings. The van der Waals surface area contributed by atoms with E-state index < -0.39 is 0 Å². The number of halogens is 1. The van der Waals surface area contributed by atoms with Gasteiger partial charge in [-0.2, -0.15) is 0 Å². The number of hydrogen-bond donors (Lipinski definition) is 1. The highest BCUT2D eigenvalue weighted by Gasteiger charge is 2.11. The summed E-state index contributed by atoms with van der Waals surface area (Å²) in [7, 11) is 4.22. The molecule has 4 nitrogen and oxygen atoms in total. The van der Waals surface area contributed by atoms with Gasteiger partial charge in [-0.05, 0) is 24.7 Å². The summed E-state index contributed by atoms with van der Waals surface area (Å²) in [5, 5.41) is 3.40. The van der Waals surface area contributed by atoms with Crippen LogP contribution >= 0.6 is 24.0 Å². The zero-order valence-electron chi connectivity index (χ0n) is 12.6. The molecule has 1 aromatic rings. The van der Waals surface area contributed by atoms with Crippen LogP contribution in [0.15, 0.2) is 29.3 Å². The third-order valence-electron chi connectivity index (χ3n) is 3.49. The second kappa shape index (κ2) is 8.46. The maximum atomic E-state index is 4.44. The fraction of sp³-hybridized carbons (Fsp3) is 0.533. The van der Waals surface area contributed by atoms with Gasteiger partial charge in [-0.1, -0.05) is 31.2 Å². The predicted octanol–water partition coefficient (Wildman–Crippen LogP) is 2.15. The van der Waals surface area contributed by atoms with Crippen LogP contribution in [-0.2, 0) is 13.1 Å². The minimum atomic E-state index is 0. The van der Waals surface area contributed by atoms with Crippen LogP contribution in [0.25, 0.3) is 0 Å². The normalized spacial score (nSPS) is 14.2. The molecule has 1 aromatic carbocycles. The number of aliphatic imine (C=N–C) groups is 1. The van der Waals surface area contributed by atoms with Gasteiger partial charge < -0.3 is 15.1 Å². The summed E-state index contributed by atoms with van der Waals surface area (Å²) < 4.78 is 0. The van der Waals surface area contributed by atoms with Crippen LogP contribution in [-0.4, -0.2) is 49.5 Å². The number of likely N-dealkylation sites (N-methyl/N-ethyl adjacent to an activating group) is 1. The summed E-state index contributed by atoms with van der Waals surface area (Å²) in [6, 6.07) is 8.76. The van der Waals surface area contributed by atoms with E-state index in [1.807, 2.05) is 0 Å². The second-order valence-corrected chi connectivity index (χ2v) is 5.13. The number of rotatable bonds is 5. The third-order valence-corrected chi connectivity index (χ3v) is 3.49. The Bertz CT molecular complexity index is 447. The van der Waals surface area contributed by atoms with Gasteiger partial charge in [0.2, 0.25) is 0 Å². The van der Waals surface area contributed by atoms with Crippen molar-refractivity contribution in [1.82, 2.24) is 15.1 Å². The van der Waals surface area contributed by atoms with Gasteiger partial charge in [-0.3, -0.25) is 4.99 Å². The Kier molecular flexibility index (Phi) is 7.29. The number of nitrogens with one attached hydrogen (secondary N) is 1. The predicted molar refractivity (Wildman–Crippen MR) is 95.6 cm³/mol. The molecule has 5 heteroatoms. The molecule has 0 saturated carbocycles. The van der Waals surface area contributed by atoms with Gasteiger partial charge in [0.25, 0.3) is 0 Å². The summed E-state index contributed by atoms with van der Waals surface area (Å²) in [5.74, 6) is 1.01. The fourth-order valence-electron chi connectivity index (χ4n) is 2.17. The summed E-state index contributed by atoms with van der Waals surface area (Å²) in [6.45, 7) is 7.02. The first-order chi connectivity index (χ1) is 9.19. The van der Waals surface area contributed by atoms with Gasteiger partial charge in [-0.25, -0.2) is 0 Å². The van der Waals surface area contributed by atoms with Crippen LogP contribution in [0.4, 0.5) is 0 Å². The molecule has 1 aliphatic heterocycles. The molecule has 0 amide bonds. The molecule has 0 radical (unpaired) electrons. The lowest BCUT2D eigenvalue weighted by Crippen LogP contribution is -2.35. The van der Waals surface area contributed by atoms with E-state index in [2.05, 4.69) is 65.4 Å². The highest BCUT2D eigenvalue weighted by atomic mass is 127. The van der Waals surface area contributed by atoms with Crippen LogP contribution in [0.1, 0.15) is 18.1 Å². The Labute approximate surface area is 139 Å². The van der Waals surface area contributed by atoms with E-state index >= 15 is 0 Å². The Hall–Kier alpha value is -0.820. The van der Waals surface area contributed by atoms with Crippen molar-refractivity contribution in [3.8, 4) is 0 Å². The van der Waals surface area contributed by atoms with Gasteiger partial charge in [0, 0.05) is 26.7 Å². The molecule has 0 aromatic heterocycles. The Balaban J connectivity index is 0.00000200. The number of hydrogen-bond acceptors (Lipinski definition) is 4. The maximum absolute atomic E-state index is 4.44. The molecule has 0 aliphatic carbocycles. The van der Waals surface area contributed by atoms with Gasteiger partial charge in [0.15, 0.2) is 5.96 Å². The molecule has 0 fully saturated rings. The molecule has 1 heterocycles. The lowest BCUT2D eigenvalue weighted by Gasteiger charge is -2.16. The molecule has 0 atom stereocenters. The van der Waals surface area contributed by atoms with Gasteiger partial charge in [-0.15, -0.1) is 24.0 Å². The lowest BCUT2D eigenvalue weighted by atomic mass is 10.1. The topological polar surface area (TPSA) is 30.9 Å².